The smallest absolute Gasteiger partial charge is 0.355 e. The van der Waals surface area contributed by atoms with E-state index in [4.69, 9.17) is 22.1 Å². The molecule has 1 aromatic carbocycles. The van der Waals surface area contributed by atoms with Gasteiger partial charge in [-0.15, -0.1) is 11.8 Å². The van der Waals surface area contributed by atoms with Crippen molar-refractivity contribution >= 4 is 46.8 Å². The predicted octanol–water partition coefficient (Wildman–Crippen LogP) is 3.03. The van der Waals surface area contributed by atoms with Gasteiger partial charge in [0, 0.05) is 12.2 Å². The molecule has 3 rings (SSSR count). The molecule has 2 atom stereocenters. The number of fused-ring (bicyclic) bond motifs is 1. The molecule has 0 bridgehead atoms. The number of carboxylic acid groups (broad SMARTS) is 1. The van der Waals surface area contributed by atoms with E-state index in [-0.39, 0.29) is 35.6 Å². The van der Waals surface area contributed by atoms with Gasteiger partial charge in [-0.1, -0.05) is 24.4 Å². The van der Waals surface area contributed by atoms with Gasteiger partial charge in [0.25, 0.3) is 5.91 Å². The topological polar surface area (TPSA) is 95.9 Å². The largest absolute Gasteiger partial charge is 0.481 e. The molecule has 0 radical (unpaired) electrons. The molecule has 2 heterocycles. The molecule has 0 spiro atoms. The van der Waals surface area contributed by atoms with Crippen molar-refractivity contribution in [2.45, 2.75) is 57.1 Å². The van der Waals surface area contributed by atoms with Crippen LogP contribution >= 0.6 is 24.0 Å². The summed E-state index contributed by atoms with van der Waals surface area (Å²) < 4.78 is 18.9. The average molecular weight is 481 g/mol. The molecule has 172 valence electrons. The number of aliphatic carboxylic acids is 1. The Bertz CT molecular complexity index is 972. The van der Waals surface area contributed by atoms with Gasteiger partial charge >= 0.3 is 11.9 Å². The highest BCUT2D eigenvalue weighted by Crippen LogP contribution is 2.42. The van der Waals surface area contributed by atoms with E-state index in [0.717, 1.165) is 11.1 Å². The van der Waals surface area contributed by atoms with Crippen LogP contribution in [0.2, 0.25) is 0 Å². The Hall–Kier alpha value is -2.46. The monoisotopic (exact) mass is 480 g/mol. The molecule has 1 fully saturated rings. The van der Waals surface area contributed by atoms with Gasteiger partial charge < -0.3 is 15.2 Å². The molecular formula is C22H25FN2O5S2. The van der Waals surface area contributed by atoms with Gasteiger partial charge in [-0.2, -0.15) is 0 Å². The summed E-state index contributed by atoms with van der Waals surface area (Å²) in [5, 5.41) is 11.4. The number of ether oxygens (including phenoxy) is 1. The van der Waals surface area contributed by atoms with E-state index in [1.165, 1.54) is 28.8 Å². The Morgan fingerprint density at radius 2 is 1.94 bits per heavy atom. The molecule has 1 saturated heterocycles. The molecule has 0 aliphatic carbocycles. The first kappa shape index (κ1) is 24.2. The van der Waals surface area contributed by atoms with Gasteiger partial charge in [-0.05, 0) is 50.5 Å². The van der Waals surface area contributed by atoms with Gasteiger partial charge in [0.1, 0.15) is 28.5 Å². The summed E-state index contributed by atoms with van der Waals surface area (Å²) in [5.74, 6) is -1.74. The number of thioether (sulfide) groups is 1. The zero-order valence-corrected chi connectivity index (χ0v) is 19.6. The normalized spacial score (nSPS) is 20.4. The Balaban J connectivity index is 1.83. The third-order valence-electron chi connectivity index (χ3n) is 4.85. The molecule has 32 heavy (non-hydrogen) atoms. The van der Waals surface area contributed by atoms with Crippen LogP contribution in [0.5, 0.6) is 0 Å². The number of thiocarbonyl (C=S) groups is 1. The van der Waals surface area contributed by atoms with Crippen molar-refractivity contribution in [2.24, 2.45) is 0 Å². The van der Waals surface area contributed by atoms with Crippen molar-refractivity contribution in [3.05, 3.63) is 46.9 Å². The molecule has 0 aromatic heterocycles. The second-order valence-corrected chi connectivity index (χ2v) is 10.2. The number of carbonyl (C=O) groups excluding carboxylic acids is 2. The Kier molecular flexibility index (Phi) is 7.24. The van der Waals surface area contributed by atoms with E-state index < -0.39 is 23.6 Å². The van der Waals surface area contributed by atoms with Crippen LogP contribution in [0.1, 0.15) is 39.2 Å². The van der Waals surface area contributed by atoms with Crippen molar-refractivity contribution in [2.75, 3.05) is 5.75 Å². The fraction of sp³-hybridized carbons (Fsp3) is 0.455. The molecule has 2 N–H and O–H groups in total. The van der Waals surface area contributed by atoms with Gasteiger partial charge in [0.2, 0.25) is 0 Å². The summed E-state index contributed by atoms with van der Waals surface area (Å²) in [4.78, 5) is 38.5. The van der Waals surface area contributed by atoms with Crippen molar-refractivity contribution in [1.29, 1.82) is 0 Å². The van der Waals surface area contributed by atoms with Crippen LogP contribution in [0.4, 0.5) is 4.39 Å². The van der Waals surface area contributed by atoms with Crippen LogP contribution in [0.3, 0.4) is 0 Å². The zero-order valence-electron chi connectivity index (χ0n) is 18.0. The average Bonchev–Trinajstić information content (AvgIpc) is 2.70. The number of esters is 1. The minimum atomic E-state index is -0.969. The molecule has 10 heteroatoms. The van der Waals surface area contributed by atoms with Gasteiger partial charge in [-0.3, -0.25) is 14.5 Å². The standard InChI is InChI=1S/C22H25FN2O5S2/c1-22(2,3)30-21(29)18-13(10-12-4-6-14(23)7-5-12)11-32-20-17(19(28)25(18)20)24-15(31)8-9-16(26)27/h4-7,17,20H,8-11H2,1-3H3,(H,24,31)(H,26,27)/t17?,20-/m1/s1. The molecule has 2 aliphatic heterocycles. The van der Waals surface area contributed by atoms with Gasteiger partial charge in [0.05, 0.1) is 11.4 Å². The number of amides is 1. The minimum absolute atomic E-state index is 0.126. The summed E-state index contributed by atoms with van der Waals surface area (Å²) >= 11 is 6.67. The number of nitrogens with one attached hydrogen (secondary N) is 1. The maximum Gasteiger partial charge on any atom is 0.355 e. The van der Waals surface area contributed by atoms with Crippen molar-refractivity contribution in [3.8, 4) is 0 Å². The second kappa shape index (κ2) is 9.58. The van der Waals surface area contributed by atoms with Crippen molar-refractivity contribution < 1.29 is 28.6 Å². The molecule has 1 aromatic rings. The van der Waals surface area contributed by atoms with Crippen LogP contribution in [-0.2, 0) is 25.5 Å². The fourth-order valence-electron chi connectivity index (χ4n) is 3.45. The van der Waals surface area contributed by atoms with Crippen LogP contribution in [0.25, 0.3) is 0 Å². The predicted molar refractivity (Wildman–Crippen MR) is 122 cm³/mol. The Morgan fingerprint density at radius 3 is 2.53 bits per heavy atom. The van der Waals surface area contributed by atoms with Crippen LogP contribution in [-0.4, -0.2) is 55.6 Å². The first-order valence-electron chi connectivity index (χ1n) is 10.1. The van der Waals surface area contributed by atoms with Crippen LogP contribution < -0.4 is 5.32 Å². The molecule has 1 unspecified atom stereocenters. The van der Waals surface area contributed by atoms with E-state index in [1.54, 1.807) is 32.9 Å². The molecular weight excluding hydrogens is 455 g/mol. The minimum Gasteiger partial charge on any atom is -0.481 e. The molecule has 0 saturated carbocycles. The number of β-lactam (4-membered cyclic amide) rings is 1. The number of rotatable bonds is 7. The maximum absolute atomic E-state index is 13.3. The third-order valence-corrected chi connectivity index (χ3v) is 6.51. The lowest BCUT2D eigenvalue weighted by Gasteiger charge is -2.50. The maximum atomic E-state index is 13.3. The zero-order chi connectivity index (χ0) is 23.6. The SMILES string of the molecule is CC(C)(C)OC(=O)C1=C(Cc2ccc(F)cc2)CS[C@@H]2C(NC(=S)CCC(=O)O)C(=O)N12. The van der Waals surface area contributed by atoms with E-state index in [1.807, 2.05) is 0 Å². The highest BCUT2D eigenvalue weighted by atomic mass is 32.2. The number of carboxylic acids is 1. The highest BCUT2D eigenvalue weighted by molar-refractivity contribution is 8.00. The first-order valence-corrected chi connectivity index (χ1v) is 11.6. The number of benzene rings is 1. The lowest BCUT2D eigenvalue weighted by Crippen LogP contribution is -2.70. The van der Waals surface area contributed by atoms with Crippen LogP contribution in [0, 0.1) is 5.82 Å². The van der Waals surface area contributed by atoms with Crippen molar-refractivity contribution in [1.82, 2.24) is 10.2 Å². The summed E-state index contributed by atoms with van der Waals surface area (Å²) in [6.07, 6.45) is 0.392. The summed E-state index contributed by atoms with van der Waals surface area (Å²) in [6.45, 7) is 5.26. The van der Waals surface area contributed by atoms with Crippen LogP contribution in [0.15, 0.2) is 35.5 Å². The first-order chi connectivity index (χ1) is 15.0. The summed E-state index contributed by atoms with van der Waals surface area (Å²) in [6, 6.07) is 5.37. The fourth-order valence-corrected chi connectivity index (χ4v) is 5.02. The van der Waals surface area contributed by atoms with E-state index in [0.29, 0.717) is 17.2 Å². The molecule has 7 nitrogen and oxygen atoms in total. The third kappa shape index (κ3) is 5.66. The lowest BCUT2D eigenvalue weighted by molar-refractivity contribution is -0.158. The van der Waals surface area contributed by atoms with Gasteiger partial charge in [0.15, 0.2) is 0 Å². The van der Waals surface area contributed by atoms with Crippen molar-refractivity contribution in [3.63, 3.8) is 0 Å². The second-order valence-electron chi connectivity index (χ2n) is 8.61. The quantitative estimate of drug-likeness (QED) is 0.349. The number of hydrogen-bond acceptors (Lipinski definition) is 6. The van der Waals surface area contributed by atoms with Gasteiger partial charge in [-0.25, -0.2) is 9.18 Å². The number of halogens is 1. The highest BCUT2D eigenvalue weighted by Gasteiger charge is 2.54. The Labute approximate surface area is 195 Å². The number of carbonyl (C=O) groups is 3. The lowest BCUT2D eigenvalue weighted by atomic mass is 9.98. The number of hydrogen-bond donors (Lipinski definition) is 2. The Morgan fingerprint density at radius 1 is 1.28 bits per heavy atom. The molecule has 2 aliphatic rings. The van der Waals surface area contributed by atoms with E-state index in [9.17, 15) is 18.8 Å². The van der Waals surface area contributed by atoms with E-state index >= 15 is 0 Å². The number of nitrogens with zero attached hydrogens (tertiary/aromatic N) is 1. The summed E-state index contributed by atoms with van der Waals surface area (Å²) in [7, 11) is 0. The summed E-state index contributed by atoms with van der Waals surface area (Å²) in [5.41, 5.74) is 1.02. The molecule has 1 amide bonds. The van der Waals surface area contributed by atoms with E-state index in [2.05, 4.69) is 5.32 Å².